The summed E-state index contributed by atoms with van der Waals surface area (Å²) in [5, 5.41) is 8.24. The molecule has 2 amide bonds. The maximum atomic E-state index is 10.5. The van der Waals surface area contributed by atoms with Crippen molar-refractivity contribution >= 4 is 6.03 Å². The third kappa shape index (κ3) is 2.35. The van der Waals surface area contributed by atoms with Gasteiger partial charge in [-0.2, -0.15) is 5.26 Å². The number of hydrogen-bond acceptors (Lipinski definition) is 2. The number of hydrogen-bond donors (Lipinski definition) is 1. The molecule has 4 heteroatoms. The van der Waals surface area contributed by atoms with Gasteiger partial charge in [0.25, 0.3) is 0 Å². The average Bonchev–Trinajstić information content (AvgIpc) is 1.87. The highest BCUT2D eigenvalue weighted by atomic mass is 16.2. The molecule has 0 aliphatic heterocycles. The van der Waals surface area contributed by atoms with Crippen LogP contribution in [0.4, 0.5) is 4.79 Å². The molecule has 0 spiro atoms. The van der Waals surface area contributed by atoms with Gasteiger partial charge in [0, 0.05) is 13.1 Å². The average molecular weight is 141 g/mol. The molecule has 0 fully saturated rings. The Balaban J connectivity index is 3.84. The van der Waals surface area contributed by atoms with Gasteiger partial charge >= 0.3 is 6.03 Å². The molecule has 0 saturated heterocycles. The fraction of sp³-hybridized carbons (Fsp3) is 0.667. The quantitative estimate of drug-likeness (QED) is 0.600. The fourth-order valence-electron chi connectivity index (χ4n) is 0.486. The fourth-order valence-corrected chi connectivity index (χ4v) is 0.486. The van der Waals surface area contributed by atoms with Crippen molar-refractivity contribution in [1.82, 2.24) is 4.90 Å². The molecule has 1 unspecified atom stereocenters. The Bertz CT molecular complexity index is 161. The van der Waals surface area contributed by atoms with Gasteiger partial charge in [0.2, 0.25) is 0 Å². The van der Waals surface area contributed by atoms with E-state index in [0.717, 1.165) is 0 Å². The molecule has 0 aromatic rings. The van der Waals surface area contributed by atoms with E-state index in [1.807, 2.05) is 6.07 Å². The lowest BCUT2D eigenvalue weighted by Gasteiger charge is -2.19. The molecule has 2 N–H and O–H groups in total. The van der Waals surface area contributed by atoms with Crippen molar-refractivity contribution in [3.05, 3.63) is 0 Å². The smallest absolute Gasteiger partial charge is 0.314 e. The SMILES string of the molecule is CC(CC#N)N(C)C(N)=O. The number of nitrogens with zero attached hydrogens (tertiary/aromatic N) is 2. The predicted octanol–water partition coefficient (Wildman–Crippen LogP) is 0.299. The monoisotopic (exact) mass is 141 g/mol. The van der Waals surface area contributed by atoms with Crippen LogP contribution in [0.15, 0.2) is 0 Å². The highest BCUT2D eigenvalue weighted by molar-refractivity contribution is 5.71. The predicted molar refractivity (Wildman–Crippen MR) is 37.0 cm³/mol. The molecule has 0 aliphatic carbocycles. The number of primary amides is 1. The van der Waals surface area contributed by atoms with Crippen molar-refractivity contribution in [2.45, 2.75) is 19.4 Å². The van der Waals surface area contributed by atoms with E-state index in [1.165, 1.54) is 4.90 Å². The van der Waals surface area contributed by atoms with Crippen molar-refractivity contribution in [2.24, 2.45) is 5.73 Å². The van der Waals surface area contributed by atoms with E-state index in [1.54, 1.807) is 14.0 Å². The minimum absolute atomic E-state index is 0.0949. The van der Waals surface area contributed by atoms with Crippen LogP contribution in [0.2, 0.25) is 0 Å². The molecule has 10 heavy (non-hydrogen) atoms. The largest absolute Gasteiger partial charge is 0.351 e. The Morgan fingerprint density at radius 3 is 2.70 bits per heavy atom. The highest BCUT2D eigenvalue weighted by Crippen LogP contribution is 1.97. The van der Waals surface area contributed by atoms with E-state index in [2.05, 4.69) is 0 Å². The normalized spacial score (nSPS) is 11.7. The zero-order valence-electron chi connectivity index (χ0n) is 6.16. The number of carbonyl (C=O) groups is 1. The van der Waals surface area contributed by atoms with E-state index < -0.39 is 6.03 Å². The van der Waals surface area contributed by atoms with Crippen LogP contribution >= 0.6 is 0 Å². The van der Waals surface area contributed by atoms with Crippen LogP contribution in [0.1, 0.15) is 13.3 Å². The van der Waals surface area contributed by atoms with Gasteiger partial charge in [0.15, 0.2) is 0 Å². The van der Waals surface area contributed by atoms with Crippen molar-refractivity contribution in [3.63, 3.8) is 0 Å². The van der Waals surface area contributed by atoms with Gasteiger partial charge in [-0.3, -0.25) is 0 Å². The minimum Gasteiger partial charge on any atom is -0.351 e. The molecule has 4 nitrogen and oxygen atoms in total. The summed E-state index contributed by atoms with van der Waals surface area (Å²) < 4.78 is 0. The van der Waals surface area contributed by atoms with E-state index in [0.29, 0.717) is 6.42 Å². The molecule has 56 valence electrons. The number of amides is 2. The Labute approximate surface area is 60.2 Å². The molecular weight excluding hydrogens is 130 g/mol. The van der Waals surface area contributed by atoms with Crippen molar-refractivity contribution in [2.75, 3.05) is 7.05 Å². The second kappa shape index (κ2) is 3.72. The van der Waals surface area contributed by atoms with Gasteiger partial charge < -0.3 is 10.6 Å². The van der Waals surface area contributed by atoms with Crippen LogP contribution in [0.3, 0.4) is 0 Å². The summed E-state index contributed by atoms with van der Waals surface area (Å²) in [4.78, 5) is 11.8. The van der Waals surface area contributed by atoms with Crippen LogP contribution < -0.4 is 5.73 Å². The van der Waals surface area contributed by atoms with Gasteiger partial charge in [-0.1, -0.05) is 0 Å². The number of nitrogens with two attached hydrogens (primary N) is 1. The zero-order chi connectivity index (χ0) is 8.15. The first kappa shape index (κ1) is 8.76. The van der Waals surface area contributed by atoms with Gasteiger partial charge in [0.1, 0.15) is 0 Å². The first-order chi connectivity index (χ1) is 4.59. The first-order valence-electron chi connectivity index (χ1n) is 2.98. The van der Waals surface area contributed by atoms with Gasteiger partial charge in [-0.15, -0.1) is 0 Å². The van der Waals surface area contributed by atoms with Crippen LogP contribution in [-0.2, 0) is 0 Å². The summed E-state index contributed by atoms with van der Waals surface area (Å²) in [6.07, 6.45) is 0.319. The van der Waals surface area contributed by atoms with Crippen LogP contribution in [0.25, 0.3) is 0 Å². The van der Waals surface area contributed by atoms with E-state index in [9.17, 15) is 4.79 Å². The number of urea groups is 1. The van der Waals surface area contributed by atoms with Gasteiger partial charge in [0.05, 0.1) is 12.5 Å². The van der Waals surface area contributed by atoms with E-state index >= 15 is 0 Å². The highest BCUT2D eigenvalue weighted by Gasteiger charge is 2.10. The van der Waals surface area contributed by atoms with Crippen molar-refractivity contribution < 1.29 is 4.79 Å². The Morgan fingerprint density at radius 2 is 2.40 bits per heavy atom. The summed E-state index contributed by atoms with van der Waals surface area (Å²) >= 11 is 0. The second-order valence-corrected chi connectivity index (χ2v) is 2.16. The minimum atomic E-state index is -0.497. The molecular formula is C6H11N3O. The molecule has 0 aromatic carbocycles. The number of rotatable bonds is 2. The summed E-state index contributed by atoms with van der Waals surface area (Å²) in [5.74, 6) is 0. The lowest BCUT2D eigenvalue weighted by atomic mass is 10.2. The maximum absolute atomic E-state index is 10.5. The molecule has 0 heterocycles. The number of nitriles is 1. The molecule has 0 rings (SSSR count). The van der Waals surface area contributed by atoms with Crippen LogP contribution in [0.5, 0.6) is 0 Å². The molecule has 0 aliphatic rings. The summed E-state index contributed by atoms with van der Waals surface area (Å²) in [7, 11) is 1.57. The van der Waals surface area contributed by atoms with Gasteiger partial charge in [-0.25, -0.2) is 4.79 Å². The van der Waals surface area contributed by atoms with Crippen LogP contribution in [0, 0.1) is 11.3 Å². The van der Waals surface area contributed by atoms with Crippen molar-refractivity contribution in [3.8, 4) is 6.07 Å². The zero-order valence-corrected chi connectivity index (χ0v) is 6.16. The summed E-state index contributed by atoms with van der Waals surface area (Å²) in [6, 6.07) is 1.36. The van der Waals surface area contributed by atoms with E-state index in [-0.39, 0.29) is 6.04 Å². The molecule has 0 aromatic heterocycles. The Kier molecular flexibility index (Phi) is 3.26. The summed E-state index contributed by atoms with van der Waals surface area (Å²) in [5.41, 5.74) is 4.94. The van der Waals surface area contributed by atoms with Gasteiger partial charge in [-0.05, 0) is 6.92 Å². The third-order valence-electron chi connectivity index (χ3n) is 1.40. The van der Waals surface area contributed by atoms with E-state index in [4.69, 9.17) is 11.0 Å². The maximum Gasteiger partial charge on any atom is 0.314 e. The Hall–Kier alpha value is -1.24. The first-order valence-corrected chi connectivity index (χ1v) is 2.98. The second-order valence-electron chi connectivity index (χ2n) is 2.16. The lowest BCUT2D eigenvalue weighted by molar-refractivity contribution is 0.204. The standard InChI is InChI=1S/C6H11N3O/c1-5(3-4-7)9(2)6(8)10/h5H,3H2,1-2H3,(H2,8,10). The Morgan fingerprint density at radius 1 is 1.90 bits per heavy atom. The van der Waals surface area contributed by atoms with Crippen LogP contribution in [-0.4, -0.2) is 24.0 Å². The third-order valence-corrected chi connectivity index (χ3v) is 1.40. The summed E-state index contributed by atoms with van der Waals surface area (Å²) in [6.45, 7) is 1.77. The molecule has 0 radical (unpaired) electrons. The molecule has 0 bridgehead atoms. The number of carbonyl (C=O) groups excluding carboxylic acids is 1. The molecule has 1 atom stereocenters. The topological polar surface area (TPSA) is 70.1 Å². The molecule has 0 saturated carbocycles. The van der Waals surface area contributed by atoms with Crippen molar-refractivity contribution in [1.29, 1.82) is 5.26 Å². The lowest BCUT2D eigenvalue weighted by Crippen LogP contribution is -2.38.